The molecule has 41 heavy (non-hydrogen) atoms. The molecule has 0 saturated carbocycles. The molecule has 5 nitrogen and oxygen atoms in total. The van der Waals surface area contributed by atoms with E-state index in [2.05, 4.69) is 38.2 Å². The number of hydrogen-bond acceptors (Lipinski definition) is 3. The van der Waals surface area contributed by atoms with E-state index in [1.165, 1.54) is 64.2 Å². The van der Waals surface area contributed by atoms with Gasteiger partial charge in [0.25, 0.3) is 0 Å². The summed E-state index contributed by atoms with van der Waals surface area (Å²) < 4.78 is 0. The Morgan fingerprint density at radius 3 is 1.27 bits per heavy atom. The highest BCUT2D eigenvalue weighted by Crippen LogP contribution is 2.26. The van der Waals surface area contributed by atoms with Crippen molar-refractivity contribution in [1.29, 1.82) is 0 Å². The van der Waals surface area contributed by atoms with Crippen LogP contribution in [0, 0.1) is 11.8 Å². The number of rotatable bonds is 31. The van der Waals surface area contributed by atoms with E-state index in [0.717, 1.165) is 83.5 Å². The van der Waals surface area contributed by atoms with Gasteiger partial charge in [-0.3, -0.25) is 9.59 Å². The summed E-state index contributed by atoms with van der Waals surface area (Å²) in [5, 5.41) is 29.5. The average Bonchev–Trinajstić information content (AvgIpc) is 2.94. The second-order valence-electron chi connectivity index (χ2n) is 12.1. The van der Waals surface area contributed by atoms with Crippen molar-refractivity contribution in [2.24, 2.45) is 11.8 Å². The number of aliphatic carboxylic acids is 2. The zero-order valence-electron chi connectivity index (χ0n) is 26.9. The lowest BCUT2D eigenvalue weighted by Gasteiger charge is -2.20. The molecule has 0 rings (SSSR count). The van der Waals surface area contributed by atoms with Crippen LogP contribution in [0.15, 0.2) is 24.3 Å². The van der Waals surface area contributed by atoms with Gasteiger partial charge < -0.3 is 15.3 Å². The van der Waals surface area contributed by atoms with Gasteiger partial charge in [0, 0.05) is 0 Å². The highest BCUT2D eigenvalue weighted by Gasteiger charge is 2.32. The van der Waals surface area contributed by atoms with Gasteiger partial charge in [0.1, 0.15) is 0 Å². The van der Waals surface area contributed by atoms with Crippen LogP contribution < -0.4 is 0 Å². The molecule has 0 aromatic rings. The topological polar surface area (TPSA) is 94.8 Å². The second-order valence-corrected chi connectivity index (χ2v) is 12.1. The van der Waals surface area contributed by atoms with Gasteiger partial charge in [-0.15, -0.1) is 0 Å². The van der Waals surface area contributed by atoms with Crippen molar-refractivity contribution in [3.8, 4) is 0 Å². The lowest BCUT2D eigenvalue weighted by Crippen LogP contribution is -2.30. The van der Waals surface area contributed by atoms with Crippen LogP contribution in [-0.4, -0.2) is 33.4 Å². The Balaban J connectivity index is 3.99. The van der Waals surface area contributed by atoms with Crippen LogP contribution in [0.1, 0.15) is 174 Å². The van der Waals surface area contributed by atoms with Crippen molar-refractivity contribution in [1.82, 2.24) is 0 Å². The van der Waals surface area contributed by atoms with Gasteiger partial charge in [-0.1, -0.05) is 134 Å². The number of carboxylic acids is 2. The third-order valence-electron chi connectivity index (χ3n) is 8.25. The van der Waals surface area contributed by atoms with Gasteiger partial charge >= 0.3 is 11.9 Å². The summed E-state index contributed by atoms with van der Waals surface area (Å²) >= 11 is 0. The van der Waals surface area contributed by atoms with Crippen molar-refractivity contribution in [3.63, 3.8) is 0 Å². The lowest BCUT2D eigenvalue weighted by atomic mass is 9.84. The van der Waals surface area contributed by atoms with Crippen LogP contribution in [0.3, 0.4) is 0 Å². The SMILES string of the molecule is CCCCCCCC/C=C\CCCCCCC(C(=O)O)C(CCCCCC/C=C\CC(O)CCCCCC)C(=O)O. The molecule has 0 aliphatic heterocycles. The molecule has 0 spiro atoms. The largest absolute Gasteiger partial charge is 0.481 e. The number of unbranched alkanes of at least 4 members (excludes halogenated alkanes) is 17. The van der Waals surface area contributed by atoms with Gasteiger partial charge in [-0.05, 0) is 64.2 Å². The molecule has 0 amide bonds. The number of aliphatic hydroxyl groups is 1. The van der Waals surface area contributed by atoms with Crippen molar-refractivity contribution in [2.45, 2.75) is 180 Å². The fourth-order valence-corrected chi connectivity index (χ4v) is 5.53. The molecule has 0 heterocycles. The van der Waals surface area contributed by atoms with E-state index in [0.29, 0.717) is 12.8 Å². The quantitative estimate of drug-likeness (QED) is 0.0562. The Hall–Kier alpha value is -1.62. The molecule has 0 aliphatic rings. The molecular weight excluding hydrogens is 512 g/mol. The summed E-state index contributed by atoms with van der Waals surface area (Å²) in [4.78, 5) is 23.8. The number of carbonyl (C=O) groups is 2. The molecule has 5 heteroatoms. The first-order chi connectivity index (χ1) is 19.9. The Morgan fingerprint density at radius 2 is 0.829 bits per heavy atom. The minimum Gasteiger partial charge on any atom is -0.481 e. The van der Waals surface area contributed by atoms with Crippen LogP contribution in [0.4, 0.5) is 0 Å². The molecule has 0 bridgehead atoms. The molecule has 3 N–H and O–H groups in total. The number of aliphatic hydroxyl groups excluding tert-OH is 1. The highest BCUT2D eigenvalue weighted by atomic mass is 16.4. The third-order valence-corrected chi connectivity index (χ3v) is 8.25. The zero-order chi connectivity index (χ0) is 30.4. The second kappa shape index (κ2) is 29.9. The van der Waals surface area contributed by atoms with E-state index in [9.17, 15) is 24.9 Å². The summed E-state index contributed by atoms with van der Waals surface area (Å²) in [6.45, 7) is 4.44. The average molecular weight is 579 g/mol. The Labute approximate surface area is 253 Å². The molecule has 3 atom stereocenters. The van der Waals surface area contributed by atoms with Crippen LogP contribution in [-0.2, 0) is 9.59 Å². The molecule has 0 aromatic carbocycles. The maximum Gasteiger partial charge on any atom is 0.307 e. The van der Waals surface area contributed by atoms with Gasteiger partial charge in [-0.2, -0.15) is 0 Å². The predicted molar refractivity (Wildman–Crippen MR) is 173 cm³/mol. The molecule has 3 unspecified atom stereocenters. The fraction of sp³-hybridized carbons (Fsp3) is 0.833. The maximum atomic E-state index is 11.9. The van der Waals surface area contributed by atoms with Gasteiger partial charge in [0.05, 0.1) is 17.9 Å². The monoisotopic (exact) mass is 578 g/mol. The van der Waals surface area contributed by atoms with Crippen LogP contribution >= 0.6 is 0 Å². The molecular formula is C36H66O5. The molecule has 0 saturated heterocycles. The standard InChI is InChI=1S/C36H66O5/c1-3-5-7-9-10-11-12-13-14-15-16-19-22-26-30-33(35(38)39)34(36(40)41)31-27-23-20-17-18-21-25-29-32(37)28-24-8-6-4-2/h13-14,21,25,32-34,37H,3-12,15-20,22-24,26-31H2,1-2H3,(H,38,39)(H,40,41)/b14-13-,25-21-. The van der Waals surface area contributed by atoms with E-state index < -0.39 is 23.8 Å². The molecule has 0 radical (unpaired) electrons. The summed E-state index contributed by atoms with van der Waals surface area (Å²) in [5.41, 5.74) is 0. The lowest BCUT2D eigenvalue weighted by molar-refractivity contribution is -0.154. The number of allylic oxidation sites excluding steroid dienone is 3. The third kappa shape index (κ3) is 25.8. The van der Waals surface area contributed by atoms with Crippen molar-refractivity contribution >= 4 is 11.9 Å². The van der Waals surface area contributed by atoms with Gasteiger partial charge in [-0.25, -0.2) is 0 Å². The van der Waals surface area contributed by atoms with Crippen LogP contribution in [0.5, 0.6) is 0 Å². The number of hydrogen-bond donors (Lipinski definition) is 3. The van der Waals surface area contributed by atoms with E-state index in [-0.39, 0.29) is 6.10 Å². The summed E-state index contributed by atoms with van der Waals surface area (Å²) in [6.07, 6.45) is 34.7. The van der Waals surface area contributed by atoms with E-state index in [1.54, 1.807) is 0 Å². The van der Waals surface area contributed by atoms with Gasteiger partial charge in [0.2, 0.25) is 0 Å². The van der Waals surface area contributed by atoms with Crippen LogP contribution in [0.2, 0.25) is 0 Å². The van der Waals surface area contributed by atoms with Gasteiger partial charge in [0.15, 0.2) is 0 Å². The fourth-order valence-electron chi connectivity index (χ4n) is 5.53. The first-order valence-corrected chi connectivity index (χ1v) is 17.4. The zero-order valence-corrected chi connectivity index (χ0v) is 26.9. The molecule has 0 aliphatic carbocycles. The summed E-state index contributed by atoms with van der Waals surface area (Å²) in [5.74, 6) is -3.52. The Morgan fingerprint density at radius 1 is 0.488 bits per heavy atom. The normalized spacial score (nSPS) is 14.1. The van der Waals surface area contributed by atoms with Crippen molar-refractivity contribution in [3.05, 3.63) is 24.3 Å². The molecule has 0 fully saturated rings. The van der Waals surface area contributed by atoms with E-state index in [4.69, 9.17) is 0 Å². The first kappa shape index (κ1) is 39.4. The summed E-state index contributed by atoms with van der Waals surface area (Å²) in [6, 6.07) is 0. The minimum absolute atomic E-state index is 0.236. The Kier molecular flexibility index (Phi) is 28.7. The van der Waals surface area contributed by atoms with E-state index in [1.807, 2.05) is 0 Å². The van der Waals surface area contributed by atoms with Crippen molar-refractivity contribution in [2.75, 3.05) is 0 Å². The summed E-state index contributed by atoms with van der Waals surface area (Å²) in [7, 11) is 0. The minimum atomic E-state index is -0.968. The smallest absolute Gasteiger partial charge is 0.307 e. The highest BCUT2D eigenvalue weighted by molar-refractivity contribution is 5.79. The number of carboxylic acid groups (broad SMARTS) is 2. The first-order valence-electron chi connectivity index (χ1n) is 17.4. The predicted octanol–water partition coefficient (Wildman–Crippen LogP) is 10.7. The molecule has 0 aromatic heterocycles. The van der Waals surface area contributed by atoms with E-state index >= 15 is 0 Å². The molecule has 240 valence electrons. The maximum absolute atomic E-state index is 11.9. The van der Waals surface area contributed by atoms with Crippen LogP contribution in [0.25, 0.3) is 0 Å². The van der Waals surface area contributed by atoms with Crippen molar-refractivity contribution < 1.29 is 24.9 Å². The Bertz CT molecular complexity index is 656.